The van der Waals surface area contributed by atoms with Crippen LogP contribution in [-0.4, -0.2) is 5.54 Å². The average Bonchev–Trinajstić information content (AvgIpc) is 2.77. The van der Waals surface area contributed by atoms with Crippen LogP contribution in [0.5, 0.6) is 0 Å². The summed E-state index contributed by atoms with van der Waals surface area (Å²) < 4.78 is 0. The van der Waals surface area contributed by atoms with Crippen LogP contribution in [-0.2, 0) is 6.42 Å². The Kier molecular flexibility index (Phi) is 12.3. The van der Waals surface area contributed by atoms with Crippen molar-refractivity contribution < 1.29 is 0 Å². The summed E-state index contributed by atoms with van der Waals surface area (Å²) in [5, 5.41) is 4.02. The van der Waals surface area contributed by atoms with Gasteiger partial charge in [-0.2, -0.15) is 0 Å². The Morgan fingerprint density at radius 3 is 1.63 bits per heavy atom. The summed E-state index contributed by atoms with van der Waals surface area (Å²) in [5.41, 5.74) is 2.88. The van der Waals surface area contributed by atoms with Crippen LogP contribution in [0.4, 0.5) is 5.69 Å². The molecule has 0 bridgehead atoms. The lowest BCUT2D eigenvalue weighted by molar-refractivity contribution is 0.363. The van der Waals surface area contributed by atoms with Crippen LogP contribution in [0.1, 0.15) is 103 Å². The fourth-order valence-electron chi connectivity index (χ4n) is 4.60. The van der Waals surface area contributed by atoms with Gasteiger partial charge in [-0.25, -0.2) is 0 Å². The van der Waals surface area contributed by atoms with E-state index in [-0.39, 0.29) is 5.54 Å². The van der Waals surface area contributed by atoms with Crippen molar-refractivity contribution in [1.29, 1.82) is 0 Å². The van der Waals surface area contributed by atoms with Crippen LogP contribution in [0.3, 0.4) is 0 Å². The quantitative estimate of drug-likeness (QED) is 0.258. The minimum Gasteiger partial charge on any atom is -0.379 e. The first-order valence-electron chi connectivity index (χ1n) is 12.6. The summed E-state index contributed by atoms with van der Waals surface area (Å²) in [5.74, 6) is 0. The first-order chi connectivity index (χ1) is 14.8. The first-order valence-corrected chi connectivity index (χ1v) is 12.6. The number of unbranched alkanes of at least 4 members (excludes halogenated alkanes) is 9. The summed E-state index contributed by atoms with van der Waals surface area (Å²) in [4.78, 5) is 0. The van der Waals surface area contributed by atoms with Crippen LogP contribution < -0.4 is 5.32 Å². The molecule has 1 atom stereocenters. The number of hydrogen-bond acceptors (Lipinski definition) is 1. The van der Waals surface area contributed by atoms with Gasteiger partial charge in [0.2, 0.25) is 0 Å². The highest BCUT2D eigenvalue weighted by Gasteiger charge is 2.29. The Morgan fingerprint density at radius 2 is 1.03 bits per heavy atom. The van der Waals surface area contributed by atoms with E-state index in [0.29, 0.717) is 0 Å². The van der Waals surface area contributed by atoms with Gasteiger partial charge in [0.15, 0.2) is 0 Å². The normalized spacial score (nSPS) is 13.1. The number of rotatable bonds is 17. The van der Waals surface area contributed by atoms with Crippen molar-refractivity contribution >= 4 is 5.69 Å². The van der Waals surface area contributed by atoms with Crippen LogP contribution in [0.25, 0.3) is 0 Å². The van der Waals surface area contributed by atoms with Crippen LogP contribution in [0.15, 0.2) is 60.7 Å². The molecule has 0 aliphatic rings. The lowest BCUT2D eigenvalue weighted by Crippen LogP contribution is -2.41. The van der Waals surface area contributed by atoms with Crippen molar-refractivity contribution in [1.82, 2.24) is 0 Å². The maximum atomic E-state index is 4.02. The van der Waals surface area contributed by atoms with Crippen molar-refractivity contribution in [3.63, 3.8) is 0 Å². The molecule has 2 aromatic carbocycles. The summed E-state index contributed by atoms with van der Waals surface area (Å²) in [6, 6.07) is 22.0. The Bertz CT molecular complexity index is 592. The molecule has 0 aliphatic carbocycles. The number of benzene rings is 2. The third-order valence-corrected chi connectivity index (χ3v) is 6.34. The van der Waals surface area contributed by atoms with Gasteiger partial charge in [-0.05, 0) is 37.0 Å². The van der Waals surface area contributed by atoms with E-state index in [2.05, 4.69) is 79.8 Å². The molecule has 2 rings (SSSR count). The molecule has 1 unspecified atom stereocenters. The van der Waals surface area contributed by atoms with E-state index in [9.17, 15) is 0 Å². The van der Waals surface area contributed by atoms with Crippen molar-refractivity contribution in [3.05, 3.63) is 66.2 Å². The second-order valence-electron chi connectivity index (χ2n) is 9.12. The molecule has 0 amide bonds. The predicted molar refractivity (Wildman–Crippen MR) is 134 cm³/mol. The maximum Gasteiger partial charge on any atom is 0.0414 e. The number of hydrogen-bond donors (Lipinski definition) is 1. The smallest absolute Gasteiger partial charge is 0.0414 e. The Morgan fingerprint density at radius 1 is 0.567 bits per heavy atom. The Balaban J connectivity index is 2.02. The standard InChI is InChI=1S/C29H45N/c1-3-5-7-8-9-10-11-19-25-29(24-18-6-4-2,26-27-20-14-12-15-21-27)30-28-22-16-13-17-23-28/h12-17,20-23,30H,3-11,18-19,24-26H2,1-2H3. The fraction of sp³-hybridized carbons (Fsp3) is 0.586. The summed E-state index contributed by atoms with van der Waals surface area (Å²) in [6.07, 6.45) is 18.6. The topological polar surface area (TPSA) is 12.0 Å². The zero-order chi connectivity index (χ0) is 21.3. The molecule has 30 heavy (non-hydrogen) atoms. The highest BCUT2D eigenvalue weighted by atomic mass is 15.0. The van der Waals surface area contributed by atoms with Gasteiger partial charge in [-0.15, -0.1) is 0 Å². The maximum absolute atomic E-state index is 4.02. The molecule has 1 heteroatoms. The molecule has 0 aromatic heterocycles. The minimum absolute atomic E-state index is 0.153. The molecule has 0 saturated carbocycles. The highest BCUT2D eigenvalue weighted by molar-refractivity contribution is 5.46. The van der Waals surface area contributed by atoms with Crippen molar-refractivity contribution in [2.45, 2.75) is 109 Å². The lowest BCUT2D eigenvalue weighted by atomic mass is 9.80. The van der Waals surface area contributed by atoms with Gasteiger partial charge in [-0.1, -0.05) is 133 Å². The fourth-order valence-corrected chi connectivity index (χ4v) is 4.60. The van der Waals surface area contributed by atoms with E-state index in [0.717, 1.165) is 6.42 Å². The van der Waals surface area contributed by atoms with E-state index in [1.54, 1.807) is 0 Å². The minimum atomic E-state index is 0.153. The second-order valence-corrected chi connectivity index (χ2v) is 9.12. The molecule has 2 aromatic rings. The molecule has 0 radical (unpaired) electrons. The molecular weight excluding hydrogens is 362 g/mol. The van der Waals surface area contributed by atoms with Gasteiger partial charge in [0.05, 0.1) is 0 Å². The molecule has 0 fully saturated rings. The third-order valence-electron chi connectivity index (χ3n) is 6.34. The van der Waals surface area contributed by atoms with Gasteiger partial charge < -0.3 is 5.32 Å². The molecule has 0 saturated heterocycles. The molecule has 1 N–H and O–H groups in total. The van der Waals surface area contributed by atoms with Gasteiger partial charge in [0.25, 0.3) is 0 Å². The molecular formula is C29H45N. The highest BCUT2D eigenvalue weighted by Crippen LogP contribution is 2.31. The van der Waals surface area contributed by atoms with Crippen molar-refractivity contribution in [2.75, 3.05) is 5.32 Å². The van der Waals surface area contributed by atoms with Gasteiger partial charge in [0, 0.05) is 11.2 Å². The van der Waals surface area contributed by atoms with E-state index in [4.69, 9.17) is 0 Å². The molecule has 0 spiro atoms. The van der Waals surface area contributed by atoms with Crippen molar-refractivity contribution in [2.24, 2.45) is 0 Å². The molecule has 1 nitrogen and oxygen atoms in total. The van der Waals surface area contributed by atoms with Crippen LogP contribution >= 0.6 is 0 Å². The Hall–Kier alpha value is -1.76. The summed E-state index contributed by atoms with van der Waals surface area (Å²) in [7, 11) is 0. The van der Waals surface area contributed by atoms with E-state index in [1.807, 2.05) is 0 Å². The lowest BCUT2D eigenvalue weighted by Gasteiger charge is -2.37. The monoisotopic (exact) mass is 407 g/mol. The average molecular weight is 408 g/mol. The van der Waals surface area contributed by atoms with Crippen LogP contribution in [0, 0.1) is 0 Å². The predicted octanol–water partition coefficient (Wildman–Crippen LogP) is 9.19. The van der Waals surface area contributed by atoms with E-state index < -0.39 is 0 Å². The van der Waals surface area contributed by atoms with Gasteiger partial charge in [-0.3, -0.25) is 0 Å². The summed E-state index contributed by atoms with van der Waals surface area (Å²) >= 11 is 0. The molecule has 0 aliphatic heterocycles. The van der Waals surface area contributed by atoms with E-state index >= 15 is 0 Å². The first kappa shape index (κ1) is 24.5. The summed E-state index contributed by atoms with van der Waals surface area (Å²) in [6.45, 7) is 4.60. The van der Waals surface area contributed by atoms with Gasteiger partial charge in [0.1, 0.15) is 0 Å². The number of anilines is 1. The van der Waals surface area contributed by atoms with Crippen molar-refractivity contribution in [3.8, 4) is 0 Å². The number of para-hydroxylation sites is 1. The van der Waals surface area contributed by atoms with Gasteiger partial charge >= 0.3 is 0 Å². The van der Waals surface area contributed by atoms with E-state index in [1.165, 1.54) is 94.7 Å². The molecule has 166 valence electrons. The zero-order valence-electron chi connectivity index (χ0n) is 19.7. The second kappa shape index (κ2) is 15.1. The Labute approximate surface area is 186 Å². The third kappa shape index (κ3) is 9.83. The molecule has 0 heterocycles. The number of nitrogens with one attached hydrogen (secondary N) is 1. The SMILES string of the molecule is CCCCCCCCCCC(CCCCC)(Cc1ccccc1)Nc1ccccc1. The zero-order valence-corrected chi connectivity index (χ0v) is 19.7. The largest absolute Gasteiger partial charge is 0.379 e. The van der Waals surface area contributed by atoms with Crippen LogP contribution in [0.2, 0.25) is 0 Å².